The van der Waals surface area contributed by atoms with Crippen LogP contribution in [0.3, 0.4) is 0 Å². The van der Waals surface area contributed by atoms with E-state index >= 15 is 0 Å². The zero-order chi connectivity index (χ0) is 17.0. The highest BCUT2D eigenvalue weighted by Gasteiger charge is 2.13. The molecule has 2 aromatic rings. The third-order valence-corrected chi connectivity index (χ3v) is 3.66. The van der Waals surface area contributed by atoms with Crippen LogP contribution in [0.2, 0.25) is 0 Å². The number of carboxylic acids is 1. The number of rotatable bonds is 3. The molecule has 0 unspecified atom stereocenters. The molecule has 0 aliphatic rings. The predicted molar refractivity (Wildman–Crippen MR) is 96.0 cm³/mol. The number of hydrogen-bond donors (Lipinski definition) is 3. The lowest BCUT2D eigenvalue weighted by Gasteiger charge is -2.12. The van der Waals surface area contributed by atoms with Crippen molar-refractivity contribution in [2.24, 2.45) is 0 Å². The van der Waals surface area contributed by atoms with E-state index in [1.165, 1.54) is 6.07 Å². The molecule has 0 aliphatic carbocycles. The standard InChI is InChI=1S/C16H13BrN2O3S/c1-9-3-2-4-10(7-9)14(20)19-16(23)18-13-6-5-11(17)8-12(13)15(21)22/h2-8H,1H3,(H,21,22)(H2,18,19,20,23). The van der Waals surface area contributed by atoms with E-state index in [0.29, 0.717) is 15.7 Å². The third kappa shape index (κ3) is 4.61. The smallest absolute Gasteiger partial charge is 0.337 e. The minimum absolute atomic E-state index is 0.0290. The van der Waals surface area contributed by atoms with Gasteiger partial charge in [-0.15, -0.1) is 0 Å². The van der Waals surface area contributed by atoms with Gasteiger partial charge >= 0.3 is 5.97 Å². The molecule has 2 aromatic carbocycles. The molecule has 0 spiro atoms. The lowest BCUT2D eigenvalue weighted by Crippen LogP contribution is -2.34. The second-order valence-electron chi connectivity index (χ2n) is 4.77. The first-order valence-corrected chi connectivity index (χ1v) is 7.79. The maximum atomic E-state index is 12.1. The maximum Gasteiger partial charge on any atom is 0.337 e. The Morgan fingerprint density at radius 2 is 1.91 bits per heavy atom. The summed E-state index contributed by atoms with van der Waals surface area (Å²) in [5, 5.41) is 14.5. The van der Waals surface area contributed by atoms with Crippen LogP contribution in [0.5, 0.6) is 0 Å². The Balaban J connectivity index is 2.11. The summed E-state index contributed by atoms with van der Waals surface area (Å²) in [6.45, 7) is 1.88. The van der Waals surface area contributed by atoms with Crippen molar-refractivity contribution in [2.45, 2.75) is 6.92 Å². The molecule has 5 nitrogen and oxygen atoms in total. The number of thiocarbonyl (C=S) groups is 1. The molecule has 118 valence electrons. The van der Waals surface area contributed by atoms with Crippen molar-refractivity contribution in [1.29, 1.82) is 0 Å². The molecule has 0 bridgehead atoms. The van der Waals surface area contributed by atoms with Gasteiger partial charge in [-0.1, -0.05) is 33.6 Å². The second kappa shape index (κ2) is 7.34. The Kier molecular flexibility index (Phi) is 5.46. The van der Waals surface area contributed by atoms with Crippen LogP contribution < -0.4 is 10.6 Å². The molecule has 0 atom stereocenters. The first-order valence-electron chi connectivity index (χ1n) is 6.58. The molecule has 23 heavy (non-hydrogen) atoms. The number of benzene rings is 2. The van der Waals surface area contributed by atoms with Crippen molar-refractivity contribution in [1.82, 2.24) is 5.32 Å². The maximum absolute atomic E-state index is 12.1. The molecule has 0 heterocycles. The third-order valence-electron chi connectivity index (χ3n) is 2.97. The number of hydrogen-bond acceptors (Lipinski definition) is 3. The molecular formula is C16H13BrN2O3S. The van der Waals surface area contributed by atoms with E-state index in [1.54, 1.807) is 30.3 Å². The highest BCUT2D eigenvalue weighted by Crippen LogP contribution is 2.21. The van der Waals surface area contributed by atoms with Crippen LogP contribution in [0.4, 0.5) is 5.69 Å². The molecule has 0 fully saturated rings. The number of aromatic carboxylic acids is 1. The fourth-order valence-corrected chi connectivity index (χ4v) is 2.48. The lowest BCUT2D eigenvalue weighted by molar-refractivity contribution is 0.0697. The molecule has 0 radical (unpaired) electrons. The minimum atomic E-state index is -1.10. The number of carbonyl (C=O) groups excluding carboxylic acids is 1. The lowest BCUT2D eigenvalue weighted by atomic mass is 10.1. The molecule has 2 rings (SSSR count). The van der Waals surface area contributed by atoms with Crippen molar-refractivity contribution in [2.75, 3.05) is 5.32 Å². The molecule has 0 saturated carbocycles. The fraction of sp³-hybridized carbons (Fsp3) is 0.0625. The van der Waals surface area contributed by atoms with Crippen LogP contribution in [-0.4, -0.2) is 22.1 Å². The number of aryl methyl sites for hydroxylation is 1. The number of carbonyl (C=O) groups is 2. The summed E-state index contributed by atoms with van der Waals surface area (Å²) >= 11 is 8.29. The highest BCUT2D eigenvalue weighted by molar-refractivity contribution is 9.10. The minimum Gasteiger partial charge on any atom is -0.478 e. The second-order valence-corrected chi connectivity index (χ2v) is 6.10. The predicted octanol–water partition coefficient (Wildman–Crippen LogP) is 3.58. The van der Waals surface area contributed by atoms with Crippen LogP contribution in [0.15, 0.2) is 46.9 Å². The molecule has 3 N–H and O–H groups in total. The molecule has 0 aliphatic heterocycles. The normalized spacial score (nSPS) is 10.0. The van der Waals surface area contributed by atoms with Crippen molar-refractivity contribution in [3.63, 3.8) is 0 Å². The Morgan fingerprint density at radius 3 is 2.57 bits per heavy atom. The molecule has 0 aromatic heterocycles. The van der Waals surface area contributed by atoms with Crippen LogP contribution in [0.1, 0.15) is 26.3 Å². The van der Waals surface area contributed by atoms with E-state index in [0.717, 1.165) is 5.56 Å². The van der Waals surface area contributed by atoms with Gasteiger partial charge in [0.05, 0.1) is 11.3 Å². The summed E-state index contributed by atoms with van der Waals surface area (Å²) in [5.41, 5.74) is 1.78. The summed E-state index contributed by atoms with van der Waals surface area (Å²) in [7, 11) is 0. The van der Waals surface area contributed by atoms with Crippen LogP contribution >= 0.6 is 28.1 Å². The fourth-order valence-electron chi connectivity index (χ4n) is 1.92. The summed E-state index contributed by atoms with van der Waals surface area (Å²) in [5.74, 6) is -1.46. The van der Waals surface area contributed by atoms with Gasteiger partial charge in [0.25, 0.3) is 5.91 Å². The van der Waals surface area contributed by atoms with E-state index in [4.69, 9.17) is 12.2 Å². The van der Waals surface area contributed by atoms with Gasteiger partial charge in [0.15, 0.2) is 5.11 Å². The summed E-state index contributed by atoms with van der Waals surface area (Å²) in [4.78, 5) is 23.4. The zero-order valence-corrected chi connectivity index (χ0v) is 14.5. The number of amides is 1. The van der Waals surface area contributed by atoms with Crippen molar-refractivity contribution < 1.29 is 14.7 Å². The average Bonchev–Trinajstić information content (AvgIpc) is 2.48. The largest absolute Gasteiger partial charge is 0.478 e. The summed E-state index contributed by atoms with van der Waals surface area (Å²) in [6.07, 6.45) is 0. The monoisotopic (exact) mass is 392 g/mol. The van der Waals surface area contributed by atoms with Gasteiger partial charge in [-0.25, -0.2) is 4.79 Å². The van der Waals surface area contributed by atoms with Gasteiger partial charge in [-0.05, 0) is 49.5 Å². The van der Waals surface area contributed by atoms with Crippen molar-refractivity contribution in [3.05, 3.63) is 63.6 Å². The Bertz CT molecular complexity index is 793. The van der Waals surface area contributed by atoms with Gasteiger partial charge in [0.2, 0.25) is 0 Å². The summed E-state index contributed by atoms with van der Waals surface area (Å²) in [6, 6.07) is 11.8. The average molecular weight is 393 g/mol. The van der Waals surface area contributed by atoms with Crippen LogP contribution in [0, 0.1) is 6.92 Å². The van der Waals surface area contributed by atoms with Crippen molar-refractivity contribution in [3.8, 4) is 0 Å². The van der Waals surface area contributed by atoms with Gasteiger partial charge in [-0.2, -0.15) is 0 Å². The van der Waals surface area contributed by atoms with E-state index in [1.807, 2.05) is 13.0 Å². The number of nitrogens with one attached hydrogen (secondary N) is 2. The quantitative estimate of drug-likeness (QED) is 0.695. The van der Waals surface area contributed by atoms with Gasteiger partial charge < -0.3 is 10.4 Å². The summed E-state index contributed by atoms with van der Waals surface area (Å²) < 4.78 is 0.634. The zero-order valence-electron chi connectivity index (χ0n) is 12.1. The topological polar surface area (TPSA) is 78.4 Å². The molecule has 0 saturated heterocycles. The Morgan fingerprint density at radius 1 is 1.17 bits per heavy atom. The van der Waals surface area contributed by atoms with E-state index < -0.39 is 5.97 Å². The van der Waals surface area contributed by atoms with Gasteiger partial charge in [-0.3, -0.25) is 10.1 Å². The first kappa shape index (κ1) is 17.1. The number of carboxylic acid groups (broad SMARTS) is 1. The first-order chi connectivity index (χ1) is 10.9. The van der Waals surface area contributed by atoms with Gasteiger partial charge in [0.1, 0.15) is 0 Å². The van der Waals surface area contributed by atoms with Crippen LogP contribution in [-0.2, 0) is 0 Å². The van der Waals surface area contributed by atoms with E-state index in [-0.39, 0.29) is 16.6 Å². The van der Waals surface area contributed by atoms with Gasteiger partial charge in [0, 0.05) is 10.0 Å². The molecule has 7 heteroatoms. The number of anilines is 1. The molecule has 1 amide bonds. The Hall–Kier alpha value is -2.25. The van der Waals surface area contributed by atoms with E-state index in [9.17, 15) is 14.7 Å². The van der Waals surface area contributed by atoms with E-state index in [2.05, 4.69) is 26.6 Å². The van der Waals surface area contributed by atoms with Crippen LogP contribution in [0.25, 0.3) is 0 Å². The SMILES string of the molecule is Cc1cccc(C(=O)NC(=S)Nc2ccc(Br)cc2C(=O)O)c1. The Labute approximate surface area is 146 Å². The molecular weight excluding hydrogens is 380 g/mol. The highest BCUT2D eigenvalue weighted by atomic mass is 79.9. The number of halogens is 1. The van der Waals surface area contributed by atoms with Crippen molar-refractivity contribution >= 4 is 50.8 Å².